The largest absolute Gasteiger partial charge is 0.367 e. The Balaban J connectivity index is 1.93. The molecule has 2 nitrogen and oxygen atoms in total. The maximum atomic E-state index is 12.3. The molecule has 0 amide bonds. The summed E-state index contributed by atoms with van der Waals surface area (Å²) in [5, 5.41) is 0. The molecule has 1 saturated heterocycles. The van der Waals surface area contributed by atoms with Gasteiger partial charge < -0.3 is 4.90 Å². The highest BCUT2D eigenvalue weighted by Crippen LogP contribution is 2.25. The van der Waals surface area contributed by atoms with E-state index in [9.17, 15) is 4.79 Å². The predicted molar refractivity (Wildman–Crippen MR) is 76.8 cm³/mol. The van der Waals surface area contributed by atoms with Crippen LogP contribution in [0.4, 0.5) is 0 Å². The van der Waals surface area contributed by atoms with Gasteiger partial charge in [-0.05, 0) is 5.56 Å². The van der Waals surface area contributed by atoms with E-state index in [-0.39, 0.29) is 5.78 Å². The van der Waals surface area contributed by atoms with Gasteiger partial charge in [0.2, 0.25) is 0 Å². The van der Waals surface area contributed by atoms with Gasteiger partial charge in [-0.15, -0.1) is 0 Å². The van der Waals surface area contributed by atoms with Crippen molar-refractivity contribution in [1.82, 2.24) is 4.90 Å². The number of hydrogen-bond donors (Lipinski definition) is 0. The summed E-state index contributed by atoms with van der Waals surface area (Å²) in [7, 11) is 0. The standard InChI is InChI=1S/C17H15NO/c19-17(15-9-5-2-6-10-15)13-16(18-11-12-18)14-7-3-1-4-8-14/h1-10,13H,11-12H2. The first-order chi connectivity index (χ1) is 9.34. The number of carbonyl (C=O) groups excluding carboxylic acids is 1. The van der Waals surface area contributed by atoms with Crippen molar-refractivity contribution in [3.8, 4) is 0 Å². The minimum absolute atomic E-state index is 0.0614. The van der Waals surface area contributed by atoms with Gasteiger partial charge in [0.15, 0.2) is 5.78 Å². The summed E-state index contributed by atoms with van der Waals surface area (Å²) in [6.07, 6.45) is 1.75. The Labute approximate surface area is 113 Å². The minimum atomic E-state index is 0.0614. The molecule has 0 unspecified atom stereocenters. The molecule has 1 fully saturated rings. The fourth-order valence-electron chi connectivity index (χ4n) is 2.07. The fourth-order valence-corrected chi connectivity index (χ4v) is 2.07. The molecule has 2 aromatic rings. The van der Waals surface area contributed by atoms with Gasteiger partial charge in [-0.1, -0.05) is 60.7 Å². The molecule has 1 heterocycles. The fraction of sp³-hybridized carbons (Fsp3) is 0.118. The van der Waals surface area contributed by atoms with Crippen LogP contribution in [-0.2, 0) is 0 Å². The molecule has 2 aromatic carbocycles. The Morgan fingerprint density at radius 3 is 1.89 bits per heavy atom. The van der Waals surface area contributed by atoms with Gasteiger partial charge in [0.05, 0.1) is 0 Å². The van der Waals surface area contributed by atoms with E-state index in [0.29, 0.717) is 0 Å². The van der Waals surface area contributed by atoms with E-state index in [1.54, 1.807) is 6.08 Å². The lowest BCUT2D eigenvalue weighted by Gasteiger charge is -2.09. The van der Waals surface area contributed by atoms with Gasteiger partial charge in [0.25, 0.3) is 0 Å². The minimum Gasteiger partial charge on any atom is -0.367 e. The van der Waals surface area contributed by atoms with Gasteiger partial charge in [0, 0.05) is 30.4 Å². The van der Waals surface area contributed by atoms with Gasteiger partial charge in [-0.3, -0.25) is 4.79 Å². The van der Waals surface area contributed by atoms with E-state index in [2.05, 4.69) is 4.90 Å². The highest BCUT2D eigenvalue weighted by Gasteiger charge is 2.22. The van der Waals surface area contributed by atoms with Crippen molar-refractivity contribution >= 4 is 11.5 Å². The highest BCUT2D eigenvalue weighted by atomic mass is 16.1. The molecule has 0 radical (unpaired) electrons. The van der Waals surface area contributed by atoms with Crippen LogP contribution in [0.3, 0.4) is 0 Å². The SMILES string of the molecule is O=C(C=C(c1ccccc1)N1CC1)c1ccccc1. The van der Waals surface area contributed by atoms with Crippen molar-refractivity contribution in [3.05, 3.63) is 77.9 Å². The number of rotatable bonds is 4. The summed E-state index contributed by atoms with van der Waals surface area (Å²) >= 11 is 0. The van der Waals surface area contributed by atoms with Crippen LogP contribution in [0, 0.1) is 0 Å². The highest BCUT2D eigenvalue weighted by molar-refractivity contribution is 6.08. The Kier molecular flexibility index (Phi) is 3.15. The van der Waals surface area contributed by atoms with Crippen LogP contribution in [0.2, 0.25) is 0 Å². The van der Waals surface area contributed by atoms with Crippen molar-refractivity contribution in [2.24, 2.45) is 0 Å². The quantitative estimate of drug-likeness (QED) is 0.471. The Bertz CT molecular complexity index is 598. The van der Waals surface area contributed by atoms with Crippen molar-refractivity contribution in [1.29, 1.82) is 0 Å². The zero-order valence-corrected chi connectivity index (χ0v) is 10.6. The normalized spacial score (nSPS) is 14.3. The number of ketones is 1. The summed E-state index contributed by atoms with van der Waals surface area (Å²) in [6, 6.07) is 19.5. The Morgan fingerprint density at radius 1 is 0.842 bits per heavy atom. The first-order valence-electron chi connectivity index (χ1n) is 6.46. The first-order valence-corrected chi connectivity index (χ1v) is 6.46. The second-order valence-electron chi connectivity index (χ2n) is 4.61. The smallest absolute Gasteiger partial charge is 0.187 e. The summed E-state index contributed by atoms with van der Waals surface area (Å²) in [6.45, 7) is 2.06. The van der Waals surface area contributed by atoms with Gasteiger partial charge in [0.1, 0.15) is 0 Å². The molecule has 19 heavy (non-hydrogen) atoms. The first kappa shape index (κ1) is 11.7. The van der Waals surface area contributed by atoms with Crippen molar-refractivity contribution in [2.45, 2.75) is 0 Å². The van der Waals surface area contributed by atoms with E-state index in [1.807, 2.05) is 60.7 Å². The number of benzene rings is 2. The van der Waals surface area contributed by atoms with E-state index >= 15 is 0 Å². The third-order valence-corrected chi connectivity index (χ3v) is 3.18. The summed E-state index contributed by atoms with van der Waals surface area (Å²) < 4.78 is 0. The number of hydrogen-bond acceptors (Lipinski definition) is 2. The number of allylic oxidation sites excluding steroid dienone is 1. The molecule has 0 aromatic heterocycles. The predicted octanol–water partition coefficient (Wildman–Crippen LogP) is 3.23. The topological polar surface area (TPSA) is 20.1 Å². The lowest BCUT2D eigenvalue weighted by Crippen LogP contribution is -2.02. The third-order valence-electron chi connectivity index (χ3n) is 3.18. The molecular weight excluding hydrogens is 234 g/mol. The molecule has 2 heteroatoms. The van der Waals surface area contributed by atoms with Crippen LogP contribution in [0.15, 0.2) is 66.7 Å². The third kappa shape index (κ3) is 2.74. The molecule has 0 N–H and O–H groups in total. The molecular formula is C17H15NO. The maximum absolute atomic E-state index is 12.3. The second kappa shape index (κ2) is 5.11. The maximum Gasteiger partial charge on any atom is 0.187 e. The average molecular weight is 249 g/mol. The average Bonchev–Trinajstić information content (AvgIpc) is 3.31. The number of nitrogens with zero attached hydrogens (tertiary/aromatic N) is 1. The van der Waals surface area contributed by atoms with Gasteiger partial charge in [-0.2, -0.15) is 0 Å². The molecule has 3 rings (SSSR count). The summed E-state index contributed by atoms with van der Waals surface area (Å²) in [5.41, 5.74) is 2.86. The lowest BCUT2D eigenvalue weighted by molar-refractivity contribution is 0.104. The number of carbonyl (C=O) groups is 1. The molecule has 1 aliphatic heterocycles. The van der Waals surface area contributed by atoms with Crippen LogP contribution in [0.5, 0.6) is 0 Å². The van der Waals surface area contributed by atoms with E-state index < -0.39 is 0 Å². The monoisotopic (exact) mass is 249 g/mol. The van der Waals surface area contributed by atoms with Crippen molar-refractivity contribution < 1.29 is 4.79 Å². The van der Waals surface area contributed by atoms with E-state index in [4.69, 9.17) is 0 Å². The summed E-state index contributed by atoms with van der Waals surface area (Å²) in [5.74, 6) is 0.0614. The van der Waals surface area contributed by atoms with Crippen LogP contribution in [0.25, 0.3) is 5.70 Å². The molecule has 0 bridgehead atoms. The van der Waals surface area contributed by atoms with Crippen LogP contribution in [-0.4, -0.2) is 23.8 Å². The zero-order valence-electron chi connectivity index (χ0n) is 10.6. The van der Waals surface area contributed by atoms with Crippen molar-refractivity contribution in [2.75, 3.05) is 13.1 Å². The van der Waals surface area contributed by atoms with Crippen LogP contribution in [0.1, 0.15) is 15.9 Å². The Hall–Kier alpha value is -2.35. The molecule has 0 saturated carbocycles. The van der Waals surface area contributed by atoms with Gasteiger partial charge >= 0.3 is 0 Å². The van der Waals surface area contributed by atoms with Gasteiger partial charge in [-0.25, -0.2) is 0 Å². The lowest BCUT2D eigenvalue weighted by atomic mass is 10.1. The molecule has 0 spiro atoms. The van der Waals surface area contributed by atoms with Crippen LogP contribution >= 0.6 is 0 Å². The molecule has 0 aliphatic carbocycles. The second-order valence-corrected chi connectivity index (χ2v) is 4.61. The molecule has 0 atom stereocenters. The van der Waals surface area contributed by atoms with Crippen LogP contribution < -0.4 is 0 Å². The zero-order chi connectivity index (χ0) is 13.1. The Morgan fingerprint density at radius 2 is 1.37 bits per heavy atom. The van der Waals surface area contributed by atoms with E-state index in [1.165, 1.54) is 0 Å². The summed E-state index contributed by atoms with van der Waals surface area (Å²) in [4.78, 5) is 14.5. The van der Waals surface area contributed by atoms with Crippen molar-refractivity contribution in [3.63, 3.8) is 0 Å². The molecule has 94 valence electrons. The molecule has 1 aliphatic rings. The van der Waals surface area contributed by atoms with E-state index in [0.717, 1.165) is 29.9 Å².